The normalized spacial score (nSPS) is 17.7. The molecule has 0 amide bonds. The Morgan fingerprint density at radius 3 is 2.46 bits per heavy atom. The summed E-state index contributed by atoms with van der Waals surface area (Å²) in [5.74, 6) is 1.04. The molecule has 0 radical (unpaired) electrons. The third-order valence-electron chi connectivity index (χ3n) is 4.72. The first kappa shape index (κ1) is 25.0. The van der Waals surface area contributed by atoms with Gasteiger partial charge in [0.2, 0.25) is 0 Å². The maximum atomic E-state index is 12.8. The van der Waals surface area contributed by atoms with Gasteiger partial charge in [-0.3, -0.25) is 4.99 Å². The summed E-state index contributed by atoms with van der Waals surface area (Å²) in [7, 11) is 3.80. The Labute approximate surface area is 182 Å². The van der Waals surface area contributed by atoms with E-state index in [0.717, 1.165) is 51.4 Å². The predicted molar refractivity (Wildman–Crippen MR) is 118 cm³/mol. The van der Waals surface area contributed by atoms with Crippen molar-refractivity contribution in [3.63, 3.8) is 0 Å². The number of benzene rings is 1. The maximum absolute atomic E-state index is 12.8. The first-order valence-corrected chi connectivity index (χ1v) is 9.29. The first-order valence-electron chi connectivity index (χ1n) is 9.29. The van der Waals surface area contributed by atoms with Gasteiger partial charge in [0.15, 0.2) is 5.96 Å². The maximum Gasteiger partial charge on any atom is 0.416 e. The van der Waals surface area contributed by atoms with Crippen molar-refractivity contribution in [2.75, 3.05) is 53.4 Å². The molecule has 0 aliphatic carbocycles. The summed E-state index contributed by atoms with van der Waals surface area (Å²) < 4.78 is 38.4. The molecule has 1 fully saturated rings. The van der Waals surface area contributed by atoms with E-state index in [-0.39, 0.29) is 30.5 Å². The number of nitrogens with zero attached hydrogens (tertiary/aromatic N) is 3. The first-order chi connectivity index (χ1) is 12.8. The predicted octanol–water partition coefficient (Wildman–Crippen LogP) is 2.87. The van der Waals surface area contributed by atoms with Crippen molar-refractivity contribution >= 4 is 29.9 Å². The molecule has 1 heterocycles. The molecule has 0 bridgehead atoms. The highest BCUT2D eigenvalue weighted by molar-refractivity contribution is 14.0. The van der Waals surface area contributed by atoms with Crippen molar-refractivity contribution in [3.05, 3.63) is 35.4 Å². The summed E-state index contributed by atoms with van der Waals surface area (Å²) in [6, 6.07) is 5.34. The molecule has 5 nitrogen and oxygen atoms in total. The third-order valence-corrected chi connectivity index (χ3v) is 4.72. The van der Waals surface area contributed by atoms with Crippen molar-refractivity contribution < 1.29 is 13.2 Å². The molecule has 0 aromatic heterocycles. The lowest BCUT2D eigenvalue weighted by Crippen LogP contribution is -2.47. The van der Waals surface area contributed by atoms with Crippen LogP contribution in [0.15, 0.2) is 29.3 Å². The highest BCUT2D eigenvalue weighted by Gasteiger charge is 2.30. The van der Waals surface area contributed by atoms with Gasteiger partial charge in [0.05, 0.1) is 5.56 Å². The second-order valence-corrected chi connectivity index (χ2v) is 7.21. The largest absolute Gasteiger partial charge is 0.416 e. The Bertz CT molecular complexity index is 616. The van der Waals surface area contributed by atoms with Gasteiger partial charge in [0.25, 0.3) is 0 Å². The number of hydrogen-bond acceptors (Lipinski definition) is 3. The second-order valence-electron chi connectivity index (χ2n) is 7.21. The molecule has 1 atom stereocenters. The van der Waals surface area contributed by atoms with Crippen molar-refractivity contribution in [1.29, 1.82) is 0 Å². The van der Waals surface area contributed by atoms with E-state index in [1.54, 1.807) is 13.1 Å². The van der Waals surface area contributed by atoms with Crippen LogP contribution in [-0.2, 0) is 12.7 Å². The summed E-state index contributed by atoms with van der Waals surface area (Å²) in [6.45, 7) is 8.62. The average Bonchev–Trinajstić information content (AvgIpc) is 2.63. The summed E-state index contributed by atoms with van der Waals surface area (Å²) in [5, 5.41) is 6.34. The Morgan fingerprint density at radius 2 is 1.86 bits per heavy atom. The van der Waals surface area contributed by atoms with Crippen LogP contribution in [0.4, 0.5) is 13.2 Å². The van der Waals surface area contributed by atoms with Crippen molar-refractivity contribution in [3.8, 4) is 0 Å². The van der Waals surface area contributed by atoms with E-state index in [1.807, 2.05) is 0 Å². The van der Waals surface area contributed by atoms with E-state index in [4.69, 9.17) is 0 Å². The van der Waals surface area contributed by atoms with E-state index >= 15 is 0 Å². The van der Waals surface area contributed by atoms with E-state index in [9.17, 15) is 13.2 Å². The SMILES string of the molecule is CN=C(NCc1cccc(C(F)(F)F)c1)NCC(C)CN1CCN(C)CC1.I. The van der Waals surface area contributed by atoms with Gasteiger partial charge in [-0.15, -0.1) is 24.0 Å². The van der Waals surface area contributed by atoms with E-state index in [1.165, 1.54) is 6.07 Å². The quantitative estimate of drug-likeness (QED) is 0.349. The molecule has 9 heteroatoms. The van der Waals surface area contributed by atoms with Gasteiger partial charge in [-0.05, 0) is 30.7 Å². The van der Waals surface area contributed by atoms with Crippen LogP contribution in [0.3, 0.4) is 0 Å². The molecule has 1 unspecified atom stereocenters. The minimum absolute atomic E-state index is 0. The lowest BCUT2D eigenvalue weighted by molar-refractivity contribution is -0.137. The smallest absolute Gasteiger partial charge is 0.356 e. The minimum atomic E-state index is -4.32. The number of guanidine groups is 1. The highest BCUT2D eigenvalue weighted by Crippen LogP contribution is 2.29. The molecule has 1 aromatic rings. The van der Waals surface area contributed by atoms with Crippen LogP contribution >= 0.6 is 24.0 Å². The Morgan fingerprint density at radius 1 is 1.18 bits per heavy atom. The fraction of sp³-hybridized carbons (Fsp3) is 0.632. The van der Waals surface area contributed by atoms with Crippen LogP contribution in [-0.4, -0.2) is 69.1 Å². The Balaban J connectivity index is 0.00000392. The summed E-state index contributed by atoms with van der Waals surface area (Å²) >= 11 is 0. The third kappa shape index (κ3) is 8.52. The molecule has 1 aliphatic rings. The summed E-state index contributed by atoms with van der Waals surface area (Å²) in [6.07, 6.45) is -4.32. The number of hydrogen-bond donors (Lipinski definition) is 2. The van der Waals surface area contributed by atoms with Crippen LogP contribution in [0.5, 0.6) is 0 Å². The zero-order valence-corrected chi connectivity index (χ0v) is 19.1. The number of aliphatic imine (C=N–C) groups is 1. The van der Waals surface area contributed by atoms with Gasteiger partial charge in [-0.2, -0.15) is 13.2 Å². The van der Waals surface area contributed by atoms with Gasteiger partial charge in [-0.25, -0.2) is 0 Å². The van der Waals surface area contributed by atoms with Crippen LogP contribution in [0.2, 0.25) is 0 Å². The van der Waals surface area contributed by atoms with Crippen LogP contribution < -0.4 is 10.6 Å². The van der Waals surface area contributed by atoms with Gasteiger partial charge < -0.3 is 20.4 Å². The fourth-order valence-electron chi connectivity index (χ4n) is 3.07. The van der Waals surface area contributed by atoms with Crippen LogP contribution in [0.25, 0.3) is 0 Å². The van der Waals surface area contributed by atoms with Gasteiger partial charge in [0, 0.05) is 52.9 Å². The standard InChI is InChI=1S/C19H30F3N5.HI/c1-15(14-27-9-7-26(3)8-10-27)12-24-18(23-2)25-13-16-5-4-6-17(11-16)19(20,21)22;/h4-6,11,15H,7-10,12-14H2,1-3H3,(H2,23,24,25);1H. The number of piperazine rings is 1. The van der Waals surface area contributed by atoms with Gasteiger partial charge in [0.1, 0.15) is 0 Å². The molecule has 0 saturated carbocycles. The topological polar surface area (TPSA) is 42.9 Å². The van der Waals surface area contributed by atoms with Crippen LogP contribution in [0.1, 0.15) is 18.1 Å². The summed E-state index contributed by atoms with van der Waals surface area (Å²) in [4.78, 5) is 8.95. The second kappa shape index (κ2) is 11.8. The lowest BCUT2D eigenvalue weighted by Gasteiger charge is -2.34. The average molecular weight is 513 g/mol. The molecule has 1 saturated heterocycles. The van der Waals surface area contributed by atoms with Crippen LogP contribution in [0, 0.1) is 5.92 Å². The minimum Gasteiger partial charge on any atom is -0.356 e. The monoisotopic (exact) mass is 513 g/mol. The Hall–Kier alpha value is -1.07. The number of nitrogens with one attached hydrogen (secondary N) is 2. The molecule has 1 aromatic carbocycles. The number of likely N-dealkylation sites (N-methyl/N-ethyl adjacent to an activating group) is 1. The molecule has 2 N–H and O–H groups in total. The van der Waals surface area contributed by atoms with Gasteiger partial charge in [-0.1, -0.05) is 19.1 Å². The molecule has 1 aliphatic heterocycles. The van der Waals surface area contributed by atoms with Crippen molar-refractivity contribution in [2.45, 2.75) is 19.6 Å². The number of halogens is 4. The number of alkyl halides is 3. The lowest BCUT2D eigenvalue weighted by atomic mass is 10.1. The van der Waals surface area contributed by atoms with Crippen molar-refractivity contribution in [2.24, 2.45) is 10.9 Å². The van der Waals surface area contributed by atoms with Gasteiger partial charge >= 0.3 is 6.18 Å². The number of rotatable bonds is 6. The van der Waals surface area contributed by atoms with E-state index in [2.05, 4.69) is 39.4 Å². The highest BCUT2D eigenvalue weighted by atomic mass is 127. The fourth-order valence-corrected chi connectivity index (χ4v) is 3.07. The zero-order valence-electron chi connectivity index (χ0n) is 16.7. The zero-order chi connectivity index (χ0) is 19.9. The summed E-state index contributed by atoms with van der Waals surface area (Å²) in [5.41, 5.74) is -0.0659. The molecule has 0 spiro atoms. The Kier molecular flexibility index (Phi) is 10.5. The van der Waals surface area contributed by atoms with E-state index < -0.39 is 11.7 Å². The molecule has 2 rings (SSSR count). The van der Waals surface area contributed by atoms with E-state index in [0.29, 0.717) is 17.4 Å². The molecular formula is C19H31F3IN5. The molecule has 160 valence electrons. The van der Waals surface area contributed by atoms with Crippen molar-refractivity contribution in [1.82, 2.24) is 20.4 Å². The molecular weight excluding hydrogens is 482 g/mol. The molecule has 28 heavy (non-hydrogen) atoms.